The number of hydrogen-bond acceptors (Lipinski definition) is 6. The summed E-state index contributed by atoms with van der Waals surface area (Å²) in [6, 6.07) is 1.32. The van der Waals surface area contributed by atoms with Crippen LogP contribution in [0.15, 0.2) is 17.4 Å². The first-order valence-corrected chi connectivity index (χ1v) is 5.55. The van der Waals surface area contributed by atoms with Crippen molar-refractivity contribution >= 4 is 24.5 Å². The molecular weight excluding hydrogens is 246 g/mol. The smallest absolute Gasteiger partial charge is 0.314 e. The summed E-state index contributed by atoms with van der Waals surface area (Å²) in [5, 5.41) is 3.55. The maximum Gasteiger partial charge on any atom is 0.314 e. The third-order valence-electron chi connectivity index (χ3n) is 2.71. The number of nitrogens with zero attached hydrogens (tertiary/aromatic N) is 5. The average molecular weight is 265 g/mol. The third-order valence-corrected chi connectivity index (χ3v) is 2.71. The zero-order valence-corrected chi connectivity index (χ0v) is 9.91. The Balaban J connectivity index is 0.00000180. The molecule has 0 atom stereocenters. The summed E-state index contributed by atoms with van der Waals surface area (Å²) in [5.41, 5.74) is 7.89. The maximum atomic E-state index is 11.0. The molecule has 0 aliphatic carbocycles. The van der Waals surface area contributed by atoms with E-state index in [-0.39, 0.29) is 13.5 Å². The summed E-state index contributed by atoms with van der Waals surface area (Å²) < 4.78 is 0. The topological polar surface area (TPSA) is 99.7 Å². The van der Waals surface area contributed by atoms with Crippen LogP contribution in [0.2, 0.25) is 0 Å². The molecule has 0 bridgehead atoms. The van der Waals surface area contributed by atoms with Gasteiger partial charge in [0.25, 0.3) is 0 Å². The molecule has 2 rings (SSSR count). The Kier molecular flexibility index (Phi) is 5.04. The largest absolute Gasteiger partial charge is 0.351 e. The second-order valence-corrected chi connectivity index (χ2v) is 3.82. The number of hydrogen-bond donors (Lipinski definition) is 2. The second kappa shape index (κ2) is 6.53. The minimum atomic E-state index is -0.387. The number of urea groups is 1. The molecule has 0 spiro atoms. The van der Waals surface area contributed by atoms with Crippen LogP contribution < -0.4 is 16.1 Å². The van der Waals surface area contributed by atoms with Gasteiger partial charge in [-0.25, -0.2) is 9.78 Å². The summed E-state index contributed by atoms with van der Waals surface area (Å²) in [4.78, 5) is 23.1. The first-order valence-electron chi connectivity index (χ1n) is 5.55. The molecule has 3 N–H and O–H groups in total. The Morgan fingerprint density at radius 1 is 1.42 bits per heavy atom. The van der Waals surface area contributed by atoms with E-state index in [1.54, 1.807) is 17.2 Å². The lowest BCUT2D eigenvalue weighted by Crippen LogP contribution is -2.50. The van der Waals surface area contributed by atoms with Crippen molar-refractivity contribution in [2.75, 3.05) is 36.5 Å². The number of amides is 2. The molecule has 0 aromatic carbocycles. The highest BCUT2D eigenvalue weighted by Crippen LogP contribution is 2.13. The van der Waals surface area contributed by atoms with E-state index in [4.69, 9.17) is 5.73 Å². The van der Waals surface area contributed by atoms with Gasteiger partial charge < -0.3 is 15.5 Å². The minimum absolute atomic E-state index is 0. The van der Waals surface area contributed by atoms with Gasteiger partial charge in [0.2, 0.25) is 5.95 Å². The minimum Gasteiger partial charge on any atom is -0.351 e. The number of nitrogens with two attached hydrogens (primary N) is 1. The average Bonchev–Trinajstić information content (AvgIpc) is 2.39. The number of hydrazone groups is 1. The van der Waals surface area contributed by atoms with Gasteiger partial charge in [-0.15, -0.1) is 0 Å². The molecule has 1 aromatic heterocycles. The Bertz CT molecular complexity index is 442. The molecule has 0 radical (unpaired) electrons. The lowest BCUT2D eigenvalue weighted by molar-refractivity contribution is 0.204. The van der Waals surface area contributed by atoms with E-state index >= 15 is 0 Å². The molecule has 0 saturated carbocycles. The molecule has 1 saturated heterocycles. The molecule has 0 unspecified atom stereocenters. The van der Waals surface area contributed by atoms with Gasteiger partial charge in [0, 0.05) is 45.2 Å². The number of piperazine rings is 1. The van der Waals surface area contributed by atoms with Crippen molar-refractivity contribution in [3.8, 4) is 0 Å². The Labute approximate surface area is 112 Å². The number of carbonyl (C=O) groups is 1. The Morgan fingerprint density at radius 2 is 2.11 bits per heavy atom. The normalized spacial score (nSPS) is 14.5. The van der Waals surface area contributed by atoms with E-state index < -0.39 is 0 Å². The predicted octanol–water partition coefficient (Wildman–Crippen LogP) is 0.341. The highest BCUT2D eigenvalue weighted by atomic mass is 16.2. The molecule has 104 valence electrons. The van der Waals surface area contributed by atoms with E-state index in [1.807, 2.05) is 4.90 Å². The van der Waals surface area contributed by atoms with Crippen molar-refractivity contribution in [1.29, 1.82) is 0 Å². The molecule has 2 heterocycles. The van der Waals surface area contributed by atoms with Gasteiger partial charge in [-0.1, -0.05) is 7.43 Å². The SMILES string of the molecule is C.C=NNc1ccnc(N2CCN(C(N)=O)CC2)n1. The first kappa shape index (κ1) is 14.7. The van der Waals surface area contributed by atoms with Crippen LogP contribution in [0.25, 0.3) is 0 Å². The highest BCUT2D eigenvalue weighted by molar-refractivity contribution is 5.72. The number of aromatic nitrogens is 2. The van der Waals surface area contributed by atoms with Crippen LogP contribution in [0.1, 0.15) is 7.43 Å². The fourth-order valence-electron chi connectivity index (χ4n) is 1.77. The van der Waals surface area contributed by atoms with Gasteiger partial charge in [-0.2, -0.15) is 10.1 Å². The van der Waals surface area contributed by atoms with Crippen molar-refractivity contribution in [2.45, 2.75) is 7.43 Å². The van der Waals surface area contributed by atoms with Gasteiger partial charge in [0.05, 0.1) is 0 Å². The summed E-state index contributed by atoms with van der Waals surface area (Å²) in [6.07, 6.45) is 1.65. The summed E-state index contributed by atoms with van der Waals surface area (Å²) >= 11 is 0. The van der Waals surface area contributed by atoms with Crippen LogP contribution in [-0.2, 0) is 0 Å². The lowest BCUT2D eigenvalue weighted by Gasteiger charge is -2.33. The van der Waals surface area contributed by atoms with Crippen LogP contribution in [0, 0.1) is 0 Å². The molecule has 19 heavy (non-hydrogen) atoms. The molecule has 2 amide bonds. The van der Waals surface area contributed by atoms with Gasteiger partial charge in [0.15, 0.2) is 5.82 Å². The number of nitrogens with one attached hydrogen (secondary N) is 1. The molecule has 8 nitrogen and oxygen atoms in total. The first-order chi connectivity index (χ1) is 8.70. The van der Waals surface area contributed by atoms with Gasteiger partial charge >= 0.3 is 6.03 Å². The van der Waals surface area contributed by atoms with E-state index in [0.717, 1.165) is 0 Å². The van der Waals surface area contributed by atoms with Crippen LogP contribution in [-0.4, -0.2) is 53.8 Å². The van der Waals surface area contributed by atoms with Gasteiger partial charge in [-0.3, -0.25) is 5.43 Å². The van der Waals surface area contributed by atoms with Crippen LogP contribution in [0.3, 0.4) is 0 Å². The van der Waals surface area contributed by atoms with Crippen molar-refractivity contribution in [2.24, 2.45) is 10.8 Å². The quantitative estimate of drug-likeness (QED) is 0.606. The summed E-state index contributed by atoms with van der Waals surface area (Å²) in [7, 11) is 0. The molecular formula is C11H19N7O. The van der Waals surface area contributed by atoms with E-state index in [2.05, 4.69) is 27.2 Å². The Hall–Kier alpha value is -2.38. The van der Waals surface area contributed by atoms with Crippen LogP contribution in [0.4, 0.5) is 16.6 Å². The van der Waals surface area contributed by atoms with Crippen molar-refractivity contribution in [3.63, 3.8) is 0 Å². The second-order valence-electron chi connectivity index (χ2n) is 3.82. The molecule has 1 aliphatic rings. The molecule has 1 aromatic rings. The zero-order valence-electron chi connectivity index (χ0n) is 9.91. The molecule has 8 heteroatoms. The van der Waals surface area contributed by atoms with E-state index in [0.29, 0.717) is 37.9 Å². The summed E-state index contributed by atoms with van der Waals surface area (Å²) in [5.74, 6) is 1.19. The van der Waals surface area contributed by atoms with Crippen molar-refractivity contribution in [1.82, 2.24) is 14.9 Å². The van der Waals surface area contributed by atoms with Crippen LogP contribution >= 0.6 is 0 Å². The molecule has 1 fully saturated rings. The van der Waals surface area contributed by atoms with E-state index in [1.165, 1.54) is 0 Å². The van der Waals surface area contributed by atoms with Gasteiger partial charge in [0.1, 0.15) is 0 Å². The summed E-state index contributed by atoms with van der Waals surface area (Å²) in [6.45, 7) is 5.81. The van der Waals surface area contributed by atoms with Crippen molar-refractivity contribution < 1.29 is 4.79 Å². The standard InChI is InChI=1S/C10H15N7O.CH4/c1-12-15-8-2-3-13-10(14-8)17-6-4-16(5-7-17)9(11)18;/h2-3H,1,4-7H2,(H2,11,18)(H,13,14,15);1H4. The number of primary amides is 1. The third kappa shape index (κ3) is 3.54. The number of rotatable bonds is 3. The monoisotopic (exact) mass is 265 g/mol. The van der Waals surface area contributed by atoms with E-state index in [9.17, 15) is 4.79 Å². The lowest BCUT2D eigenvalue weighted by atomic mass is 10.3. The number of anilines is 2. The van der Waals surface area contributed by atoms with Crippen LogP contribution in [0.5, 0.6) is 0 Å². The number of carbonyl (C=O) groups excluding carboxylic acids is 1. The van der Waals surface area contributed by atoms with Crippen molar-refractivity contribution in [3.05, 3.63) is 12.3 Å². The molecule has 1 aliphatic heterocycles. The fraction of sp³-hybridized carbons (Fsp3) is 0.455. The zero-order chi connectivity index (χ0) is 13.0. The predicted molar refractivity (Wildman–Crippen MR) is 75.3 cm³/mol. The Morgan fingerprint density at radius 3 is 2.68 bits per heavy atom. The highest BCUT2D eigenvalue weighted by Gasteiger charge is 2.20. The maximum absolute atomic E-state index is 11.0. The van der Waals surface area contributed by atoms with Gasteiger partial charge in [-0.05, 0) is 0 Å². The fourth-order valence-corrected chi connectivity index (χ4v) is 1.77.